The van der Waals surface area contributed by atoms with E-state index in [2.05, 4.69) is 71.9 Å². The summed E-state index contributed by atoms with van der Waals surface area (Å²) in [7, 11) is 0. The predicted molar refractivity (Wildman–Crippen MR) is 212 cm³/mol. The maximum Gasteiger partial charge on any atom is 0.306 e. The third-order valence-corrected chi connectivity index (χ3v) is 14.4. The van der Waals surface area contributed by atoms with Crippen LogP contribution in [0.4, 0.5) is 0 Å². The monoisotopic (exact) mass is 677 g/mol. The Hall–Kier alpha value is -1.31. The van der Waals surface area contributed by atoms with Gasteiger partial charge in [-0.1, -0.05) is 142 Å². The predicted octanol–water partition coefficient (Wildman–Crippen LogP) is 14.5. The Morgan fingerprint density at radius 3 is 2.20 bits per heavy atom. The Bertz CT molecular complexity index is 1050. The Labute approximate surface area is 305 Å². The third-order valence-electron chi connectivity index (χ3n) is 14.4. The topological polar surface area (TPSA) is 26.3 Å². The number of esters is 1. The molecule has 0 heterocycles. The average Bonchev–Trinajstić information content (AvgIpc) is 3.43. The fourth-order valence-corrected chi connectivity index (χ4v) is 11.4. The number of ether oxygens (including phenoxy) is 1. The average molecular weight is 677 g/mol. The van der Waals surface area contributed by atoms with Gasteiger partial charge in [0, 0.05) is 12.8 Å². The molecule has 0 unspecified atom stereocenters. The minimum Gasteiger partial charge on any atom is -0.462 e. The molecule has 0 radical (unpaired) electrons. The molecule has 0 N–H and O–H groups in total. The normalized spacial score (nSPS) is 31.9. The lowest BCUT2D eigenvalue weighted by molar-refractivity contribution is -0.151. The van der Waals surface area contributed by atoms with Gasteiger partial charge in [0.05, 0.1) is 0 Å². The van der Waals surface area contributed by atoms with Crippen LogP contribution in [-0.2, 0) is 9.53 Å². The zero-order chi connectivity index (χ0) is 35.1. The number of rotatable bonds is 22. The van der Waals surface area contributed by atoms with Crippen molar-refractivity contribution in [3.63, 3.8) is 0 Å². The zero-order valence-electron chi connectivity index (χ0n) is 33.4. The molecule has 0 aromatic rings. The number of fused-ring (bicyclic) bond motifs is 5. The van der Waals surface area contributed by atoms with Crippen molar-refractivity contribution in [1.82, 2.24) is 0 Å². The molecule has 2 heteroatoms. The van der Waals surface area contributed by atoms with Crippen molar-refractivity contribution in [3.8, 4) is 0 Å². The second-order valence-corrected chi connectivity index (χ2v) is 18.3. The molecule has 4 aliphatic rings. The first-order valence-electron chi connectivity index (χ1n) is 21.9. The van der Waals surface area contributed by atoms with Crippen molar-refractivity contribution in [1.29, 1.82) is 0 Å². The van der Waals surface area contributed by atoms with E-state index in [-0.39, 0.29) is 12.1 Å². The van der Waals surface area contributed by atoms with E-state index in [9.17, 15) is 4.79 Å². The fraction of sp³-hybridized carbons (Fsp3) is 0.851. The summed E-state index contributed by atoms with van der Waals surface area (Å²) in [5, 5.41) is 0. The van der Waals surface area contributed by atoms with Crippen molar-refractivity contribution < 1.29 is 9.53 Å². The largest absolute Gasteiger partial charge is 0.462 e. The second-order valence-electron chi connectivity index (χ2n) is 18.3. The molecule has 3 saturated carbocycles. The minimum atomic E-state index is 0.0541. The van der Waals surface area contributed by atoms with Crippen LogP contribution in [0.1, 0.15) is 202 Å². The maximum atomic E-state index is 12.8. The summed E-state index contributed by atoms with van der Waals surface area (Å²) in [5.41, 5.74) is 2.52. The molecule has 4 aliphatic carbocycles. The lowest BCUT2D eigenvalue weighted by Crippen LogP contribution is -2.51. The molecule has 49 heavy (non-hydrogen) atoms. The van der Waals surface area contributed by atoms with Gasteiger partial charge in [0.25, 0.3) is 0 Å². The number of carbonyl (C=O) groups excluding carboxylic acids is 1. The number of hydrogen-bond acceptors (Lipinski definition) is 2. The van der Waals surface area contributed by atoms with E-state index in [0.717, 1.165) is 67.6 Å². The molecule has 0 spiro atoms. The lowest BCUT2D eigenvalue weighted by Gasteiger charge is -2.58. The molecular weight excluding hydrogens is 597 g/mol. The molecule has 0 aromatic carbocycles. The second kappa shape index (κ2) is 20.7. The van der Waals surface area contributed by atoms with Crippen LogP contribution in [-0.4, -0.2) is 12.1 Å². The van der Waals surface area contributed by atoms with Crippen LogP contribution >= 0.6 is 0 Å². The molecular formula is C47H80O2. The maximum absolute atomic E-state index is 12.8. The van der Waals surface area contributed by atoms with Crippen LogP contribution in [0.15, 0.2) is 36.0 Å². The van der Waals surface area contributed by atoms with Crippen molar-refractivity contribution in [2.24, 2.45) is 46.3 Å². The number of allylic oxidation sites excluding steroid dienone is 5. The fourth-order valence-electron chi connectivity index (χ4n) is 11.4. The summed E-state index contributed by atoms with van der Waals surface area (Å²) in [5.74, 6) is 5.31. The molecule has 0 amide bonds. The molecule has 0 aromatic heterocycles. The van der Waals surface area contributed by atoms with E-state index < -0.39 is 0 Å². The highest BCUT2D eigenvalue weighted by molar-refractivity contribution is 5.69. The Morgan fingerprint density at radius 2 is 1.49 bits per heavy atom. The van der Waals surface area contributed by atoms with E-state index >= 15 is 0 Å². The highest BCUT2D eigenvalue weighted by Crippen LogP contribution is 2.67. The summed E-state index contributed by atoms with van der Waals surface area (Å²) < 4.78 is 6.13. The van der Waals surface area contributed by atoms with Gasteiger partial charge in [-0.25, -0.2) is 0 Å². The number of unbranched alkanes of at least 4 members (excludes halogenated alkanes) is 10. The van der Waals surface area contributed by atoms with Gasteiger partial charge < -0.3 is 4.74 Å². The van der Waals surface area contributed by atoms with Crippen LogP contribution in [0.2, 0.25) is 0 Å². The highest BCUT2D eigenvalue weighted by atomic mass is 16.5. The number of hydrogen-bond donors (Lipinski definition) is 0. The van der Waals surface area contributed by atoms with Crippen LogP contribution in [0, 0.1) is 46.3 Å². The smallest absolute Gasteiger partial charge is 0.306 e. The van der Waals surface area contributed by atoms with Gasteiger partial charge in [-0.2, -0.15) is 0 Å². The Kier molecular flexibility index (Phi) is 17.1. The quantitative estimate of drug-likeness (QED) is 0.0648. The molecule has 3 fully saturated rings. The molecule has 280 valence electrons. The lowest BCUT2D eigenvalue weighted by atomic mass is 9.47. The summed E-state index contributed by atoms with van der Waals surface area (Å²) in [6, 6.07) is 0. The van der Waals surface area contributed by atoms with Gasteiger partial charge in [0.2, 0.25) is 0 Å². The van der Waals surface area contributed by atoms with E-state index in [4.69, 9.17) is 4.74 Å². The van der Waals surface area contributed by atoms with E-state index in [1.807, 2.05) is 0 Å². The molecule has 4 rings (SSSR count). The van der Waals surface area contributed by atoms with Crippen LogP contribution < -0.4 is 0 Å². The SMILES string of the molecule is CCCCCC=CCC=CCCCCCCCCCC(=O)O[C@H]1CC[C@@]2(C)C(=CC[C@H]3[C@@H]4CC[C@H]([C@H](C)CCCC(C)C)[C@@]4(C)CC[C@@H]32)C1. The van der Waals surface area contributed by atoms with Crippen LogP contribution in [0.5, 0.6) is 0 Å². The summed E-state index contributed by atoms with van der Waals surface area (Å²) in [4.78, 5) is 12.8. The highest BCUT2D eigenvalue weighted by Gasteiger charge is 2.59. The van der Waals surface area contributed by atoms with Crippen LogP contribution in [0.25, 0.3) is 0 Å². The van der Waals surface area contributed by atoms with Gasteiger partial charge in [0.15, 0.2) is 0 Å². The minimum absolute atomic E-state index is 0.0541. The standard InChI is InChI=1S/C47H80O2/c1-7-8-9-10-11-12-13-14-15-16-17-18-19-20-21-22-23-27-45(48)49-40-32-34-46(5)39(36-40)28-29-41-43-31-30-42(38(4)26-24-25-37(2)3)47(43,6)35-33-44(41)46/h11-12,14-15,28,37-38,40-44H,7-10,13,16-27,29-36H2,1-6H3/t38-,40+,41+,42-,43+,44+,46+,47-/m1/s1. The van der Waals surface area contributed by atoms with Crippen molar-refractivity contribution in [2.75, 3.05) is 0 Å². The van der Waals surface area contributed by atoms with Crippen molar-refractivity contribution >= 4 is 5.97 Å². The van der Waals surface area contributed by atoms with E-state index in [1.54, 1.807) is 5.57 Å². The first-order chi connectivity index (χ1) is 23.7. The van der Waals surface area contributed by atoms with E-state index in [1.165, 1.54) is 122 Å². The summed E-state index contributed by atoms with van der Waals surface area (Å²) in [6.45, 7) is 14.9. The van der Waals surface area contributed by atoms with Gasteiger partial charge in [0.1, 0.15) is 6.10 Å². The first-order valence-corrected chi connectivity index (χ1v) is 21.9. The van der Waals surface area contributed by atoms with Gasteiger partial charge >= 0.3 is 5.97 Å². The van der Waals surface area contributed by atoms with Gasteiger partial charge in [-0.3, -0.25) is 4.79 Å². The van der Waals surface area contributed by atoms with Crippen molar-refractivity contribution in [3.05, 3.63) is 36.0 Å². The Balaban J connectivity index is 1.09. The summed E-state index contributed by atoms with van der Waals surface area (Å²) in [6.07, 6.45) is 43.5. The van der Waals surface area contributed by atoms with Crippen molar-refractivity contribution in [2.45, 2.75) is 208 Å². The molecule has 0 bridgehead atoms. The number of carbonyl (C=O) groups is 1. The molecule has 8 atom stereocenters. The summed E-state index contributed by atoms with van der Waals surface area (Å²) >= 11 is 0. The first kappa shape index (κ1) is 40.5. The van der Waals surface area contributed by atoms with E-state index in [0.29, 0.717) is 17.3 Å². The van der Waals surface area contributed by atoms with Gasteiger partial charge in [-0.15, -0.1) is 0 Å². The third kappa shape index (κ3) is 11.6. The molecule has 0 saturated heterocycles. The Morgan fingerprint density at radius 1 is 0.796 bits per heavy atom. The van der Waals surface area contributed by atoms with Gasteiger partial charge in [-0.05, 0) is 130 Å². The molecule has 0 aliphatic heterocycles. The zero-order valence-corrected chi connectivity index (χ0v) is 33.4. The molecule has 2 nitrogen and oxygen atoms in total. The van der Waals surface area contributed by atoms with Crippen LogP contribution in [0.3, 0.4) is 0 Å².